The Balaban J connectivity index is 1.34. The number of alkyl halides is 1. The highest BCUT2D eigenvalue weighted by Crippen LogP contribution is 2.32. The number of likely N-dealkylation sites (tertiary alicyclic amines) is 1. The van der Waals surface area contributed by atoms with Crippen molar-refractivity contribution < 1.29 is 23.8 Å². The van der Waals surface area contributed by atoms with Crippen LogP contribution in [0, 0.1) is 18.3 Å². The zero-order valence-electron chi connectivity index (χ0n) is 17.8. The van der Waals surface area contributed by atoms with Crippen LogP contribution in [0.1, 0.15) is 57.3 Å². The summed E-state index contributed by atoms with van der Waals surface area (Å²) in [4.78, 5) is 30.3. The van der Waals surface area contributed by atoms with Crippen LogP contribution in [0.15, 0.2) is 30.5 Å². The lowest BCUT2D eigenvalue weighted by molar-refractivity contribution is -0.133. The van der Waals surface area contributed by atoms with E-state index in [9.17, 15) is 14.7 Å². The van der Waals surface area contributed by atoms with Gasteiger partial charge in [0.25, 0.3) is 0 Å². The first kappa shape index (κ1) is 22.1. The van der Waals surface area contributed by atoms with E-state index in [1.807, 2.05) is 17.9 Å². The van der Waals surface area contributed by atoms with Gasteiger partial charge in [-0.3, -0.25) is 9.78 Å². The average molecular weight is 437 g/mol. The molecule has 2 aliphatic heterocycles. The number of benzene rings is 1. The number of aliphatic hydroxyl groups excluding tert-OH is 1. The van der Waals surface area contributed by atoms with Crippen molar-refractivity contribution in [2.24, 2.45) is 0 Å². The second-order valence-corrected chi connectivity index (χ2v) is 8.41. The summed E-state index contributed by atoms with van der Waals surface area (Å²) in [6.45, 7) is 3.09. The van der Waals surface area contributed by atoms with Crippen molar-refractivity contribution in [3.8, 4) is 6.07 Å². The van der Waals surface area contributed by atoms with Gasteiger partial charge >= 0.3 is 5.97 Å². The maximum Gasteiger partial charge on any atom is 0.338 e. The summed E-state index contributed by atoms with van der Waals surface area (Å²) < 4.78 is 20.4. The number of β-amino-alcohol motifs (C(OH)–C–C–N with tert-alkyl or cyclic N) is 1. The Bertz CT molecular complexity index is 1090. The van der Waals surface area contributed by atoms with E-state index in [1.165, 1.54) is 6.20 Å². The maximum absolute atomic E-state index is 15.3. The van der Waals surface area contributed by atoms with E-state index < -0.39 is 17.6 Å². The molecule has 0 spiro atoms. The molecule has 0 radical (unpaired) electrons. The molecule has 4 rings (SSSR count). The molecule has 1 atom stereocenters. The SMILES string of the molecule is Cc1c([C@@H](O)CN2CCC(F)(C(=O)Cc3ccc(C#N)cn3)CC2)ccc2c1COC2=O. The van der Waals surface area contributed by atoms with Crippen molar-refractivity contribution in [1.82, 2.24) is 9.88 Å². The van der Waals surface area contributed by atoms with Crippen molar-refractivity contribution in [2.45, 2.75) is 44.6 Å². The number of halogens is 1. The molecule has 0 unspecified atom stereocenters. The Morgan fingerprint density at radius 3 is 2.75 bits per heavy atom. The van der Waals surface area contributed by atoms with Crippen molar-refractivity contribution in [3.05, 3.63) is 64.0 Å². The number of cyclic esters (lactones) is 1. The Morgan fingerprint density at radius 1 is 1.34 bits per heavy atom. The second-order valence-electron chi connectivity index (χ2n) is 8.41. The number of fused-ring (bicyclic) bond motifs is 1. The normalized spacial score (nSPS) is 18.5. The van der Waals surface area contributed by atoms with Crippen LogP contribution >= 0.6 is 0 Å². The number of ketones is 1. The molecule has 7 nitrogen and oxygen atoms in total. The topological polar surface area (TPSA) is 104 Å². The van der Waals surface area contributed by atoms with Crippen molar-refractivity contribution in [1.29, 1.82) is 5.26 Å². The lowest BCUT2D eigenvalue weighted by Gasteiger charge is -2.36. The Hall–Kier alpha value is -3.15. The fourth-order valence-electron chi connectivity index (χ4n) is 4.36. The molecule has 166 valence electrons. The van der Waals surface area contributed by atoms with Gasteiger partial charge in [-0.1, -0.05) is 6.07 Å². The number of carbonyl (C=O) groups is 2. The molecule has 3 heterocycles. The molecular formula is C24H24FN3O4. The molecule has 1 saturated heterocycles. The molecule has 2 aliphatic rings. The van der Waals surface area contributed by atoms with Gasteiger partial charge in [0.2, 0.25) is 0 Å². The van der Waals surface area contributed by atoms with Gasteiger partial charge in [-0.2, -0.15) is 5.26 Å². The number of hydrogen-bond donors (Lipinski definition) is 1. The zero-order chi connectivity index (χ0) is 22.9. The molecule has 2 aromatic rings. The molecule has 0 saturated carbocycles. The van der Waals surface area contributed by atoms with Crippen molar-refractivity contribution in [2.75, 3.05) is 19.6 Å². The number of aromatic nitrogens is 1. The molecule has 1 N–H and O–H groups in total. The number of hydrogen-bond acceptors (Lipinski definition) is 7. The molecule has 0 amide bonds. The van der Waals surface area contributed by atoms with Crippen LogP contribution in [0.25, 0.3) is 0 Å². The largest absolute Gasteiger partial charge is 0.457 e. The van der Waals surface area contributed by atoms with E-state index in [4.69, 9.17) is 10.00 Å². The van der Waals surface area contributed by atoms with Gasteiger partial charge in [0, 0.05) is 49.9 Å². The third-order valence-electron chi connectivity index (χ3n) is 6.44. The van der Waals surface area contributed by atoms with Crippen LogP contribution < -0.4 is 0 Å². The molecule has 0 bridgehead atoms. The van der Waals surface area contributed by atoms with Crippen LogP contribution in [-0.4, -0.2) is 52.0 Å². The third-order valence-corrected chi connectivity index (χ3v) is 6.44. The van der Waals surface area contributed by atoms with Gasteiger partial charge in [0.1, 0.15) is 12.7 Å². The van der Waals surface area contributed by atoms with E-state index in [-0.39, 0.29) is 31.8 Å². The molecule has 0 aliphatic carbocycles. The van der Waals surface area contributed by atoms with Crippen LogP contribution in [0.2, 0.25) is 0 Å². The molecule has 32 heavy (non-hydrogen) atoms. The predicted molar refractivity (Wildman–Crippen MR) is 112 cm³/mol. The lowest BCUT2D eigenvalue weighted by atomic mass is 9.86. The minimum atomic E-state index is -1.92. The first-order valence-corrected chi connectivity index (χ1v) is 10.6. The van der Waals surface area contributed by atoms with Gasteiger partial charge in [0.05, 0.1) is 23.7 Å². The van der Waals surface area contributed by atoms with Gasteiger partial charge in [-0.25, -0.2) is 9.18 Å². The summed E-state index contributed by atoms with van der Waals surface area (Å²) in [5, 5.41) is 19.6. The number of piperidine rings is 1. The summed E-state index contributed by atoms with van der Waals surface area (Å²) in [5.74, 6) is -0.852. The van der Waals surface area contributed by atoms with Gasteiger partial charge in [-0.15, -0.1) is 0 Å². The first-order chi connectivity index (χ1) is 15.3. The quantitative estimate of drug-likeness (QED) is 0.693. The maximum atomic E-state index is 15.3. The zero-order valence-corrected chi connectivity index (χ0v) is 17.8. The second kappa shape index (κ2) is 8.77. The molecule has 1 fully saturated rings. The van der Waals surface area contributed by atoms with E-state index in [2.05, 4.69) is 4.98 Å². The molecule has 8 heteroatoms. The Labute approximate surface area is 185 Å². The van der Waals surface area contributed by atoms with E-state index in [1.54, 1.807) is 24.3 Å². The summed E-state index contributed by atoms with van der Waals surface area (Å²) >= 11 is 0. The standard InChI is InChI=1S/C24H24FN3O4/c1-15-18(4-5-19-20(15)14-32-23(19)31)21(29)13-28-8-6-24(25,7-9-28)22(30)10-17-3-2-16(11-26)12-27-17/h2-5,12,21,29H,6-10,13-14H2,1H3/t21-/m0/s1. The molecular weight excluding hydrogens is 413 g/mol. The number of ether oxygens (including phenoxy) is 1. The highest BCUT2D eigenvalue weighted by Gasteiger charge is 2.41. The van der Waals surface area contributed by atoms with Crippen LogP contribution in [0.4, 0.5) is 4.39 Å². The van der Waals surface area contributed by atoms with Crippen molar-refractivity contribution >= 4 is 11.8 Å². The summed E-state index contributed by atoms with van der Waals surface area (Å²) in [6.07, 6.45) is 0.586. The van der Waals surface area contributed by atoms with Gasteiger partial charge < -0.3 is 14.7 Å². The Kier molecular flexibility index (Phi) is 6.04. The fourth-order valence-corrected chi connectivity index (χ4v) is 4.36. The monoisotopic (exact) mass is 437 g/mol. The van der Waals surface area contributed by atoms with E-state index in [0.29, 0.717) is 36.5 Å². The van der Waals surface area contributed by atoms with Crippen molar-refractivity contribution in [3.63, 3.8) is 0 Å². The van der Waals surface area contributed by atoms with Crippen LogP contribution in [0.3, 0.4) is 0 Å². The van der Waals surface area contributed by atoms with Crippen LogP contribution in [0.5, 0.6) is 0 Å². The van der Waals surface area contributed by atoms with Gasteiger partial charge in [-0.05, 0) is 36.2 Å². The summed E-state index contributed by atoms with van der Waals surface area (Å²) in [7, 11) is 0. The summed E-state index contributed by atoms with van der Waals surface area (Å²) in [6, 6.07) is 8.51. The predicted octanol–water partition coefficient (Wildman–Crippen LogP) is 2.58. The minimum absolute atomic E-state index is 0.0559. The Morgan fingerprint density at radius 2 is 2.09 bits per heavy atom. The molecule has 1 aromatic heterocycles. The number of esters is 1. The number of nitriles is 1. The average Bonchev–Trinajstić information content (AvgIpc) is 3.17. The minimum Gasteiger partial charge on any atom is -0.457 e. The number of aliphatic hydroxyl groups is 1. The number of pyridine rings is 1. The fraction of sp³-hybridized carbons (Fsp3) is 0.417. The number of nitrogens with zero attached hydrogens (tertiary/aromatic N) is 3. The van der Waals surface area contributed by atoms with E-state index >= 15 is 4.39 Å². The smallest absolute Gasteiger partial charge is 0.338 e. The number of carbonyl (C=O) groups excluding carboxylic acids is 2. The third kappa shape index (κ3) is 4.27. The van der Waals surface area contributed by atoms with E-state index in [0.717, 1.165) is 16.7 Å². The number of Topliss-reactive ketones (excluding diaryl/α,β-unsaturated/α-hetero) is 1. The first-order valence-electron chi connectivity index (χ1n) is 10.6. The number of rotatable bonds is 6. The summed E-state index contributed by atoms with van der Waals surface area (Å²) in [5.41, 5.74) is 1.81. The highest BCUT2D eigenvalue weighted by atomic mass is 19.1. The van der Waals surface area contributed by atoms with Gasteiger partial charge in [0.15, 0.2) is 11.5 Å². The van der Waals surface area contributed by atoms with Crippen LogP contribution in [-0.2, 0) is 22.6 Å². The molecule has 1 aromatic carbocycles. The highest BCUT2D eigenvalue weighted by molar-refractivity contribution is 5.94. The lowest BCUT2D eigenvalue weighted by Crippen LogP contribution is -2.48.